The summed E-state index contributed by atoms with van der Waals surface area (Å²) in [6.07, 6.45) is 1.64. The van der Waals surface area contributed by atoms with Crippen LogP contribution in [0.3, 0.4) is 0 Å². The van der Waals surface area contributed by atoms with Crippen LogP contribution < -0.4 is 5.32 Å². The quantitative estimate of drug-likeness (QED) is 0.882. The second kappa shape index (κ2) is 5.93. The van der Waals surface area contributed by atoms with E-state index in [1.165, 1.54) is 4.90 Å². The molecule has 2 rings (SSSR count). The van der Waals surface area contributed by atoms with Gasteiger partial charge in [0.15, 0.2) is 0 Å². The standard InChI is InChI=1S/C15H19N3O2/c1-10-3-4-11(8-16)7-13(10)17-15(20)18(2)9-14(19)12-5-6-12/h3-4,7,12,14,19H,5-6,9H2,1-2H3,(H,17,20). The average Bonchev–Trinajstić information content (AvgIpc) is 3.25. The number of likely N-dealkylation sites (N-methyl/N-ethyl adjacent to an activating group) is 1. The third kappa shape index (κ3) is 3.49. The van der Waals surface area contributed by atoms with E-state index in [0.717, 1.165) is 18.4 Å². The zero-order chi connectivity index (χ0) is 14.7. The number of nitrogens with zero attached hydrogens (tertiary/aromatic N) is 2. The molecule has 0 aromatic heterocycles. The number of urea groups is 1. The predicted molar refractivity (Wildman–Crippen MR) is 76.3 cm³/mol. The van der Waals surface area contributed by atoms with Crippen molar-refractivity contribution in [2.24, 2.45) is 5.92 Å². The number of nitriles is 1. The van der Waals surface area contributed by atoms with Gasteiger partial charge in [-0.25, -0.2) is 4.79 Å². The summed E-state index contributed by atoms with van der Waals surface area (Å²) < 4.78 is 0. The molecule has 1 atom stereocenters. The molecule has 0 bridgehead atoms. The highest BCUT2D eigenvalue weighted by Crippen LogP contribution is 2.32. The summed E-state index contributed by atoms with van der Waals surface area (Å²) in [5.41, 5.74) is 2.03. The first kappa shape index (κ1) is 14.4. The Bertz CT molecular complexity index is 547. The van der Waals surface area contributed by atoms with Gasteiger partial charge in [0, 0.05) is 19.3 Å². The number of hydrogen-bond donors (Lipinski definition) is 2. The first-order chi connectivity index (χ1) is 9.51. The van der Waals surface area contributed by atoms with Gasteiger partial charge in [-0.1, -0.05) is 6.07 Å². The molecule has 1 aliphatic rings. The van der Waals surface area contributed by atoms with Crippen molar-refractivity contribution in [1.82, 2.24) is 4.90 Å². The molecule has 1 saturated carbocycles. The summed E-state index contributed by atoms with van der Waals surface area (Å²) in [5, 5.41) is 21.5. The van der Waals surface area contributed by atoms with E-state index in [0.29, 0.717) is 23.7 Å². The number of carbonyl (C=O) groups is 1. The number of anilines is 1. The molecule has 0 aliphatic heterocycles. The number of rotatable bonds is 4. The largest absolute Gasteiger partial charge is 0.391 e. The summed E-state index contributed by atoms with van der Waals surface area (Å²) in [5.74, 6) is 0.342. The van der Waals surface area contributed by atoms with Crippen molar-refractivity contribution >= 4 is 11.7 Å². The van der Waals surface area contributed by atoms with Gasteiger partial charge in [0.05, 0.1) is 17.7 Å². The highest BCUT2D eigenvalue weighted by Gasteiger charge is 2.31. The molecule has 1 fully saturated rings. The lowest BCUT2D eigenvalue weighted by Gasteiger charge is -2.21. The fourth-order valence-electron chi connectivity index (χ4n) is 2.03. The van der Waals surface area contributed by atoms with Crippen molar-refractivity contribution < 1.29 is 9.90 Å². The van der Waals surface area contributed by atoms with Crippen LogP contribution in [0.1, 0.15) is 24.0 Å². The molecule has 0 saturated heterocycles. The molecule has 5 nitrogen and oxygen atoms in total. The topological polar surface area (TPSA) is 76.4 Å². The molecule has 2 amide bonds. The van der Waals surface area contributed by atoms with Gasteiger partial charge < -0.3 is 15.3 Å². The second-order valence-electron chi connectivity index (χ2n) is 5.36. The Morgan fingerprint density at radius 2 is 2.30 bits per heavy atom. The Balaban J connectivity index is 1.98. The highest BCUT2D eigenvalue weighted by molar-refractivity contribution is 5.90. The zero-order valence-corrected chi connectivity index (χ0v) is 11.8. The van der Waals surface area contributed by atoms with E-state index in [9.17, 15) is 9.90 Å². The van der Waals surface area contributed by atoms with Crippen molar-refractivity contribution in [3.8, 4) is 6.07 Å². The van der Waals surface area contributed by atoms with Crippen LogP contribution in [-0.2, 0) is 0 Å². The minimum absolute atomic E-state index is 0.275. The van der Waals surface area contributed by atoms with Crippen LogP contribution in [0.15, 0.2) is 18.2 Å². The minimum atomic E-state index is -0.447. The molecule has 0 radical (unpaired) electrons. The average molecular weight is 273 g/mol. The Morgan fingerprint density at radius 3 is 2.90 bits per heavy atom. The number of carbonyl (C=O) groups excluding carboxylic acids is 1. The summed E-state index contributed by atoms with van der Waals surface area (Å²) >= 11 is 0. The SMILES string of the molecule is Cc1ccc(C#N)cc1NC(=O)N(C)CC(O)C1CC1. The Labute approximate surface area is 118 Å². The monoisotopic (exact) mass is 273 g/mol. The molecule has 0 spiro atoms. The summed E-state index contributed by atoms with van der Waals surface area (Å²) in [4.78, 5) is 13.5. The van der Waals surface area contributed by atoms with Gasteiger partial charge >= 0.3 is 6.03 Å². The van der Waals surface area contributed by atoms with Gasteiger partial charge in [-0.05, 0) is 43.4 Å². The lowest BCUT2D eigenvalue weighted by atomic mass is 10.1. The molecule has 106 valence electrons. The Kier molecular flexibility index (Phi) is 4.26. The maximum atomic E-state index is 12.1. The van der Waals surface area contributed by atoms with E-state index < -0.39 is 6.10 Å². The third-order valence-corrected chi connectivity index (χ3v) is 3.58. The van der Waals surface area contributed by atoms with Crippen molar-refractivity contribution in [2.75, 3.05) is 18.9 Å². The molecule has 1 aliphatic carbocycles. The minimum Gasteiger partial charge on any atom is -0.391 e. The van der Waals surface area contributed by atoms with Crippen LogP contribution in [0, 0.1) is 24.2 Å². The summed E-state index contributed by atoms with van der Waals surface area (Å²) in [6.45, 7) is 2.20. The number of hydrogen-bond acceptors (Lipinski definition) is 3. The zero-order valence-electron chi connectivity index (χ0n) is 11.8. The second-order valence-corrected chi connectivity index (χ2v) is 5.36. The molecule has 1 unspecified atom stereocenters. The Morgan fingerprint density at radius 1 is 1.60 bits per heavy atom. The van der Waals surface area contributed by atoms with E-state index in [1.54, 1.807) is 25.2 Å². The molecular formula is C15H19N3O2. The molecule has 1 aromatic rings. The van der Waals surface area contributed by atoms with Crippen molar-refractivity contribution in [3.05, 3.63) is 29.3 Å². The number of benzene rings is 1. The van der Waals surface area contributed by atoms with Crippen molar-refractivity contribution in [2.45, 2.75) is 25.9 Å². The summed E-state index contributed by atoms with van der Waals surface area (Å²) in [6, 6.07) is 6.94. The van der Waals surface area contributed by atoms with E-state index >= 15 is 0 Å². The predicted octanol–water partition coefficient (Wildman–Crippen LogP) is 2.10. The number of amides is 2. The van der Waals surface area contributed by atoms with Crippen LogP contribution in [0.25, 0.3) is 0 Å². The molecule has 0 heterocycles. The van der Waals surface area contributed by atoms with Crippen LogP contribution in [0.5, 0.6) is 0 Å². The van der Waals surface area contributed by atoms with Crippen LogP contribution in [0.4, 0.5) is 10.5 Å². The normalized spacial score (nSPS) is 15.3. The Hall–Kier alpha value is -2.06. The van der Waals surface area contributed by atoms with Crippen LogP contribution in [-0.4, -0.2) is 35.7 Å². The highest BCUT2D eigenvalue weighted by atomic mass is 16.3. The number of aryl methyl sites for hydroxylation is 1. The van der Waals surface area contributed by atoms with Crippen molar-refractivity contribution in [3.63, 3.8) is 0 Å². The van der Waals surface area contributed by atoms with Crippen molar-refractivity contribution in [1.29, 1.82) is 5.26 Å². The molecular weight excluding hydrogens is 254 g/mol. The summed E-state index contributed by atoms with van der Waals surface area (Å²) in [7, 11) is 1.66. The smallest absolute Gasteiger partial charge is 0.321 e. The van der Waals surface area contributed by atoms with Gasteiger partial charge in [0.1, 0.15) is 0 Å². The van der Waals surface area contributed by atoms with Gasteiger partial charge in [0.2, 0.25) is 0 Å². The number of aliphatic hydroxyl groups is 1. The fourth-order valence-corrected chi connectivity index (χ4v) is 2.03. The van der Waals surface area contributed by atoms with E-state index in [2.05, 4.69) is 5.32 Å². The van der Waals surface area contributed by atoms with Gasteiger partial charge in [0.25, 0.3) is 0 Å². The van der Waals surface area contributed by atoms with Gasteiger partial charge in [-0.3, -0.25) is 0 Å². The lowest BCUT2D eigenvalue weighted by Crippen LogP contribution is -2.38. The van der Waals surface area contributed by atoms with Gasteiger partial charge in [-0.15, -0.1) is 0 Å². The maximum Gasteiger partial charge on any atom is 0.321 e. The van der Waals surface area contributed by atoms with Crippen LogP contribution in [0.2, 0.25) is 0 Å². The number of aliphatic hydroxyl groups excluding tert-OH is 1. The van der Waals surface area contributed by atoms with E-state index in [4.69, 9.17) is 5.26 Å². The fraction of sp³-hybridized carbons (Fsp3) is 0.467. The molecule has 2 N–H and O–H groups in total. The lowest BCUT2D eigenvalue weighted by molar-refractivity contribution is 0.117. The first-order valence-electron chi connectivity index (χ1n) is 6.72. The van der Waals surface area contributed by atoms with E-state index in [-0.39, 0.29) is 6.03 Å². The number of nitrogens with one attached hydrogen (secondary N) is 1. The first-order valence-corrected chi connectivity index (χ1v) is 6.72. The van der Waals surface area contributed by atoms with Crippen LogP contribution >= 0.6 is 0 Å². The maximum absolute atomic E-state index is 12.1. The van der Waals surface area contributed by atoms with E-state index in [1.807, 2.05) is 13.0 Å². The molecule has 5 heteroatoms. The molecule has 20 heavy (non-hydrogen) atoms. The molecule has 1 aromatic carbocycles. The third-order valence-electron chi connectivity index (χ3n) is 3.58. The van der Waals surface area contributed by atoms with Gasteiger partial charge in [-0.2, -0.15) is 5.26 Å².